The lowest BCUT2D eigenvalue weighted by atomic mass is 10.0. The Balaban J connectivity index is 1.40. The summed E-state index contributed by atoms with van der Waals surface area (Å²) in [5.41, 5.74) is 1.44. The first-order valence-corrected chi connectivity index (χ1v) is 9.97. The molecule has 0 aromatic heterocycles. The fourth-order valence-electron chi connectivity index (χ4n) is 3.05. The van der Waals surface area contributed by atoms with Crippen molar-refractivity contribution in [2.75, 3.05) is 25.1 Å². The fourth-order valence-corrected chi connectivity index (χ4v) is 3.05. The molecule has 3 aromatic rings. The van der Waals surface area contributed by atoms with Gasteiger partial charge >= 0.3 is 5.97 Å². The molecule has 2 N–H and O–H groups in total. The fraction of sp³-hybridized carbons (Fsp3) is 0.208. The third-order valence-corrected chi connectivity index (χ3v) is 4.47. The van der Waals surface area contributed by atoms with Crippen LogP contribution in [0.2, 0.25) is 0 Å². The van der Waals surface area contributed by atoms with Gasteiger partial charge in [0, 0.05) is 5.69 Å². The molecule has 0 spiro atoms. The van der Waals surface area contributed by atoms with Crippen LogP contribution in [-0.4, -0.2) is 37.5 Å². The molecule has 0 saturated heterocycles. The number of benzene rings is 3. The van der Waals surface area contributed by atoms with Gasteiger partial charge in [-0.05, 0) is 47.5 Å². The summed E-state index contributed by atoms with van der Waals surface area (Å²) in [5, 5.41) is 7.19. The molecule has 0 heterocycles. The minimum Gasteiger partial charge on any atom is -0.494 e. The summed E-state index contributed by atoms with van der Waals surface area (Å²) in [6.45, 7) is 1.70. The standard InChI is InChI=1S/C24H24N2O5/c1-2-30-20-12-10-19(11-13-20)26-23(28)16-31-24(29)15-25-22(27)14-18-8-5-7-17-6-3-4-9-21(17)18/h3-13H,2,14-16H2,1H3,(H,25,27)(H,26,28). The van der Waals surface area contributed by atoms with E-state index in [1.807, 2.05) is 49.4 Å². The van der Waals surface area contributed by atoms with Crippen LogP contribution in [0.3, 0.4) is 0 Å². The summed E-state index contributed by atoms with van der Waals surface area (Å²) >= 11 is 0. The van der Waals surface area contributed by atoms with Crippen molar-refractivity contribution < 1.29 is 23.9 Å². The highest BCUT2D eigenvalue weighted by Gasteiger charge is 2.11. The average Bonchev–Trinajstić information content (AvgIpc) is 2.78. The first-order valence-electron chi connectivity index (χ1n) is 9.97. The maximum absolute atomic E-state index is 12.2. The van der Waals surface area contributed by atoms with Crippen LogP contribution in [0.1, 0.15) is 12.5 Å². The van der Waals surface area contributed by atoms with Crippen LogP contribution in [-0.2, 0) is 25.5 Å². The van der Waals surface area contributed by atoms with E-state index in [0.29, 0.717) is 18.0 Å². The lowest BCUT2D eigenvalue weighted by Gasteiger charge is -2.09. The molecular formula is C24H24N2O5. The number of hydrogen-bond donors (Lipinski definition) is 2. The molecule has 0 aliphatic heterocycles. The molecule has 0 aliphatic carbocycles. The van der Waals surface area contributed by atoms with E-state index in [4.69, 9.17) is 9.47 Å². The van der Waals surface area contributed by atoms with Gasteiger partial charge in [0.05, 0.1) is 13.0 Å². The molecule has 3 aromatic carbocycles. The van der Waals surface area contributed by atoms with E-state index in [9.17, 15) is 14.4 Å². The van der Waals surface area contributed by atoms with Crippen LogP contribution in [0.25, 0.3) is 10.8 Å². The molecule has 2 amide bonds. The number of nitrogens with one attached hydrogen (secondary N) is 2. The topological polar surface area (TPSA) is 93.7 Å². The molecule has 0 atom stereocenters. The summed E-state index contributed by atoms with van der Waals surface area (Å²) in [5.74, 6) is -0.758. The molecule has 0 radical (unpaired) electrons. The normalized spacial score (nSPS) is 10.4. The van der Waals surface area contributed by atoms with Crippen LogP contribution in [0.4, 0.5) is 5.69 Å². The molecule has 0 aliphatic rings. The second-order valence-corrected chi connectivity index (χ2v) is 6.76. The largest absolute Gasteiger partial charge is 0.494 e. The van der Waals surface area contributed by atoms with Crippen LogP contribution in [0.15, 0.2) is 66.7 Å². The van der Waals surface area contributed by atoms with E-state index < -0.39 is 18.5 Å². The van der Waals surface area contributed by atoms with Crippen molar-refractivity contribution in [3.8, 4) is 5.75 Å². The van der Waals surface area contributed by atoms with Crippen LogP contribution >= 0.6 is 0 Å². The van der Waals surface area contributed by atoms with Crippen molar-refractivity contribution in [1.82, 2.24) is 5.32 Å². The number of rotatable bonds is 9. The number of hydrogen-bond acceptors (Lipinski definition) is 5. The first kappa shape index (κ1) is 21.8. The maximum Gasteiger partial charge on any atom is 0.325 e. The Kier molecular flexibility index (Phi) is 7.59. The first-order chi connectivity index (χ1) is 15.0. The summed E-state index contributed by atoms with van der Waals surface area (Å²) in [6.07, 6.45) is 0.146. The number of anilines is 1. The lowest BCUT2D eigenvalue weighted by Crippen LogP contribution is -2.33. The Morgan fingerprint density at radius 2 is 1.61 bits per heavy atom. The van der Waals surface area contributed by atoms with Crippen molar-refractivity contribution in [1.29, 1.82) is 0 Å². The molecule has 160 valence electrons. The van der Waals surface area contributed by atoms with E-state index >= 15 is 0 Å². The smallest absolute Gasteiger partial charge is 0.325 e. The molecule has 0 saturated carbocycles. The summed E-state index contributed by atoms with van der Waals surface area (Å²) in [4.78, 5) is 36.0. The van der Waals surface area contributed by atoms with E-state index in [1.54, 1.807) is 24.3 Å². The van der Waals surface area contributed by atoms with Gasteiger partial charge in [-0.3, -0.25) is 14.4 Å². The zero-order chi connectivity index (χ0) is 22.1. The number of amides is 2. The minimum atomic E-state index is -0.687. The highest BCUT2D eigenvalue weighted by Crippen LogP contribution is 2.19. The van der Waals surface area contributed by atoms with Crippen LogP contribution in [0.5, 0.6) is 5.75 Å². The Morgan fingerprint density at radius 3 is 2.39 bits per heavy atom. The summed E-state index contributed by atoms with van der Waals surface area (Å²) < 4.78 is 10.3. The number of ether oxygens (including phenoxy) is 2. The van der Waals surface area contributed by atoms with Crippen molar-refractivity contribution in [3.63, 3.8) is 0 Å². The second-order valence-electron chi connectivity index (χ2n) is 6.76. The zero-order valence-electron chi connectivity index (χ0n) is 17.2. The van der Waals surface area contributed by atoms with Gasteiger partial charge in [-0.1, -0.05) is 42.5 Å². The molecule has 7 heteroatoms. The SMILES string of the molecule is CCOc1ccc(NC(=O)COC(=O)CNC(=O)Cc2cccc3ccccc23)cc1. The highest BCUT2D eigenvalue weighted by molar-refractivity contribution is 5.94. The Labute approximate surface area is 180 Å². The molecule has 31 heavy (non-hydrogen) atoms. The van der Waals surface area contributed by atoms with Gasteiger partial charge < -0.3 is 20.1 Å². The average molecular weight is 420 g/mol. The Morgan fingerprint density at radius 1 is 0.871 bits per heavy atom. The van der Waals surface area contributed by atoms with Crippen LogP contribution < -0.4 is 15.4 Å². The van der Waals surface area contributed by atoms with Gasteiger partial charge in [0.25, 0.3) is 5.91 Å². The zero-order valence-corrected chi connectivity index (χ0v) is 17.2. The Hall–Kier alpha value is -3.87. The summed E-state index contributed by atoms with van der Waals surface area (Å²) in [7, 11) is 0. The van der Waals surface area contributed by atoms with Gasteiger partial charge in [0.15, 0.2) is 6.61 Å². The van der Waals surface area contributed by atoms with E-state index in [0.717, 1.165) is 16.3 Å². The van der Waals surface area contributed by atoms with Crippen LogP contribution in [0, 0.1) is 0 Å². The van der Waals surface area contributed by atoms with Gasteiger partial charge in [-0.15, -0.1) is 0 Å². The Bertz CT molecular complexity index is 1060. The monoisotopic (exact) mass is 420 g/mol. The van der Waals surface area contributed by atoms with Gasteiger partial charge in [-0.2, -0.15) is 0 Å². The lowest BCUT2D eigenvalue weighted by molar-refractivity contribution is -0.147. The highest BCUT2D eigenvalue weighted by atomic mass is 16.5. The van der Waals surface area contributed by atoms with Crippen molar-refractivity contribution in [2.24, 2.45) is 0 Å². The molecule has 0 unspecified atom stereocenters. The molecule has 0 bridgehead atoms. The van der Waals surface area contributed by atoms with Gasteiger partial charge in [0.1, 0.15) is 12.3 Å². The number of esters is 1. The quantitative estimate of drug-likeness (QED) is 0.519. The predicted octanol–water partition coefficient (Wildman–Crippen LogP) is 3.08. The number of carbonyl (C=O) groups is 3. The molecule has 7 nitrogen and oxygen atoms in total. The van der Waals surface area contributed by atoms with Gasteiger partial charge in [0.2, 0.25) is 5.91 Å². The van der Waals surface area contributed by atoms with E-state index in [2.05, 4.69) is 10.6 Å². The van der Waals surface area contributed by atoms with Crippen molar-refractivity contribution in [2.45, 2.75) is 13.3 Å². The number of fused-ring (bicyclic) bond motifs is 1. The molecular weight excluding hydrogens is 396 g/mol. The van der Waals surface area contributed by atoms with Gasteiger partial charge in [-0.25, -0.2) is 0 Å². The van der Waals surface area contributed by atoms with Crippen molar-refractivity contribution in [3.05, 3.63) is 72.3 Å². The third kappa shape index (κ3) is 6.57. The molecule has 3 rings (SSSR count). The van der Waals surface area contributed by atoms with Crippen molar-refractivity contribution >= 4 is 34.2 Å². The predicted molar refractivity (Wildman–Crippen MR) is 118 cm³/mol. The third-order valence-electron chi connectivity index (χ3n) is 4.47. The molecule has 0 fully saturated rings. The van der Waals surface area contributed by atoms with E-state index in [-0.39, 0.29) is 18.9 Å². The second kappa shape index (κ2) is 10.8. The maximum atomic E-state index is 12.2. The van der Waals surface area contributed by atoms with E-state index in [1.165, 1.54) is 0 Å². The summed E-state index contributed by atoms with van der Waals surface area (Å²) in [6, 6.07) is 20.4. The minimum absolute atomic E-state index is 0.146. The number of carbonyl (C=O) groups excluding carboxylic acids is 3.